The minimum absolute atomic E-state index is 0.269. The van der Waals surface area contributed by atoms with Crippen LogP contribution in [0.1, 0.15) is 5.69 Å². The third-order valence-electron chi connectivity index (χ3n) is 3.47. The fraction of sp³-hybridized carbons (Fsp3) is 0.0625. The number of nitrogens with zero attached hydrogens (tertiary/aromatic N) is 4. The Hall–Kier alpha value is -2.73. The van der Waals surface area contributed by atoms with Crippen molar-refractivity contribution in [3.63, 3.8) is 0 Å². The van der Waals surface area contributed by atoms with E-state index in [0.717, 1.165) is 27.5 Å². The Kier molecular flexibility index (Phi) is 2.90. The number of benzene rings is 1. The van der Waals surface area contributed by atoms with E-state index >= 15 is 0 Å². The van der Waals surface area contributed by atoms with Crippen LogP contribution >= 0.6 is 11.3 Å². The van der Waals surface area contributed by atoms with E-state index < -0.39 is 0 Å². The molecule has 3 heterocycles. The highest BCUT2D eigenvalue weighted by atomic mass is 32.1. The molecular weight excluding hydrogens is 296 g/mol. The van der Waals surface area contributed by atoms with Crippen LogP contribution < -0.4 is 5.69 Å². The minimum atomic E-state index is -0.269. The number of aryl methyl sites for hydroxylation is 1. The molecule has 0 N–H and O–H groups in total. The minimum Gasteiger partial charge on any atom is -0.244 e. The number of hydrogen-bond acceptors (Lipinski definition) is 4. The molecule has 1 aromatic carbocycles. The Bertz CT molecular complexity index is 1000. The molecule has 0 spiro atoms. The molecule has 0 aliphatic rings. The second kappa shape index (κ2) is 4.92. The first-order chi connectivity index (χ1) is 10.7. The predicted molar refractivity (Wildman–Crippen MR) is 86.6 cm³/mol. The number of aromatic nitrogens is 4. The van der Waals surface area contributed by atoms with Gasteiger partial charge in [-0.15, -0.1) is 11.3 Å². The van der Waals surface area contributed by atoms with Crippen molar-refractivity contribution in [3.05, 3.63) is 70.1 Å². The van der Waals surface area contributed by atoms with Crippen LogP contribution in [-0.2, 0) is 0 Å². The molecule has 0 saturated heterocycles. The van der Waals surface area contributed by atoms with E-state index in [9.17, 15) is 4.79 Å². The van der Waals surface area contributed by atoms with Crippen LogP contribution in [0.2, 0.25) is 0 Å². The summed E-state index contributed by atoms with van der Waals surface area (Å²) in [6.45, 7) is 1.88. The molecule has 4 aromatic rings. The van der Waals surface area contributed by atoms with Crippen LogP contribution in [0.3, 0.4) is 0 Å². The normalized spacial score (nSPS) is 11.1. The molecule has 4 rings (SSSR count). The Labute approximate surface area is 130 Å². The first-order valence-electron chi connectivity index (χ1n) is 6.83. The summed E-state index contributed by atoms with van der Waals surface area (Å²) in [5.41, 5.74) is 2.75. The molecule has 0 aliphatic heterocycles. The van der Waals surface area contributed by atoms with Gasteiger partial charge in [-0.3, -0.25) is 0 Å². The highest BCUT2D eigenvalue weighted by Crippen LogP contribution is 2.24. The van der Waals surface area contributed by atoms with Crippen molar-refractivity contribution < 1.29 is 0 Å². The number of thiophene rings is 1. The zero-order valence-corrected chi connectivity index (χ0v) is 12.6. The molecule has 0 radical (unpaired) electrons. The van der Waals surface area contributed by atoms with Gasteiger partial charge in [-0.1, -0.05) is 24.3 Å². The zero-order valence-electron chi connectivity index (χ0n) is 11.8. The summed E-state index contributed by atoms with van der Waals surface area (Å²) in [5, 5.41) is 10.9. The quantitative estimate of drug-likeness (QED) is 0.572. The predicted octanol–water partition coefficient (Wildman–Crippen LogP) is 2.92. The number of fused-ring (bicyclic) bond motifs is 1. The summed E-state index contributed by atoms with van der Waals surface area (Å²) in [4.78, 5) is 13.7. The molecule has 0 amide bonds. The summed E-state index contributed by atoms with van der Waals surface area (Å²) in [6.07, 6.45) is 0. The van der Waals surface area contributed by atoms with E-state index in [0.29, 0.717) is 0 Å². The third-order valence-corrected chi connectivity index (χ3v) is 4.36. The zero-order chi connectivity index (χ0) is 15.1. The SMILES string of the molecule is Cc1nn(-c2ccccc2)c(=O)n2nc(-c3cccs3)cc12. The highest BCUT2D eigenvalue weighted by Gasteiger charge is 2.13. The van der Waals surface area contributed by atoms with Gasteiger partial charge >= 0.3 is 5.69 Å². The summed E-state index contributed by atoms with van der Waals surface area (Å²) in [7, 11) is 0. The summed E-state index contributed by atoms with van der Waals surface area (Å²) in [5.74, 6) is 0. The lowest BCUT2D eigenvalue weighted by atomic mass is 10.3. The van der Waals surface area contributed by atoms with E-state index in [-0.39, 0.29) is 5.69 Å². The molecule has 0 saturated carbocycles. The Morgan fingerprint density at radius 2 is 1.86 bits per heavy atom. The number of para-hydroxylation sites is 1. The molecule has 5 nitrogen and oxygen atoms in total. The smallest absolute Gasteiger partial charge is 0.244 e. The molecule has 0 fully saturated rings. The summed E-state index contributed by atoms with van der Waals surface area (Å²) >= 11 is 1.60. The molecule has 0 atom stereocenters. The standard InChI is InChI=1S/C16H12N4OS/c1-11-14-10-13(15-8-5-9-22-15)18-20(14)16(21)19(17-11)12-6-3-2-4-7-12/h2-10H,1H3. The fourth-order valence-corrected chi connectivity index (χ4v) is 3.08. The van der Waals surface area contributed by atoms with E-state index in [2.05, 4.69) is 10.2 Å². The van der Waals surface area contributed by atoms with Gasteiger partial charge in [-0.25, -0.2) is 4.79 Å². The first kappa shape index (κ1) is 13.0. The van der Waals surface area contributed by atoms with Gasteiger partial charge in [0.25, 0.3) is 0 Å². The maximum atomic E-state index is 12.7. The van der Waals surface area contributed by atoms with Crippen molar-refractivity contribution in [1.29, 1.82) is 0 Å². The number of hydrogen-bond donors (Lipinski definition) is 0. The molecule has 22 heavy (non-hydrogen) atoms. The maximum absolute atomic E-state index is 12.7. The van der Waals surface area contributed by atoms with Gasteiger partial charge in [-0.2, -0.15) is 19.4 Å². The molecule has 0 unspecified atom stereocenters. The molecule has 3 aromatic heterocycles. The van der Waals surface area contributed by atoms with Crippen molar-refractivity contribution in [2.75, 3.05) is 0 Å². The molecule has 6 heteroatoms. The largest absolute Gasteiger partial charge is 0.370 e. The van der Waals surface area contributed by atoms with Crippen molar-refractivity contribution in [2.45, 2.75) is 6.92 Å². The Balaban J connectivity index is 2.00. The van der Waals surface area contributed by atoms with Gasteiger partial charge in [-0.05, 0) is 36.6 Å². The summed E-state index contributed by atoms with van der Waals surface area (Å²) < 4.78 is 2.80. The molecular formula is C16H12N4OS. The van der Waals surface area contributed by atoms with Crippen molar-refractivity contribution >= 4 is 16.9 Å². The van der Waals surface area contributed by atoms with Crippen molar-refractivity contribution in [3.8, 4) is 16.3 Å². The highest BCUT2D eigenvalue weighted by molar-refractivity contribution is 7.13. The second-order valence-corrected chi connectivity index (χ2v) is 5.87. The van der Waals surface area contributed by atoms with Crippen LogP contribution in [-0.4, -0.2) is 19.4 Å². The van der Waals surface area contributed by atoms with Gasteiger partial charge in [0.15, 0.2) is 0 Å². The van der Waals surface area contributed by atoms with E-state index in [4.69, 9.17) is 0 Å². The first-order valence-corrected chi connectivity index (χ1v) is 7.71. The monoisotopic (exact) mass is 308 g/mol. The summed E-state index contributed by atoms with van der Waals surface area (Å²) in [6, 6.07) is 15.2. The van der Waals surface area contributed by atoms with Crippen molar-refractivity contribution in [2.24, 2.45) is 0 Å². The van der Waals surface area contributed by atoms with Crippen LogP contribution in [0.5, 0.6) is 0 Å². The van der Waals surface area contributed by atoms with E-state index in [1.54, 1.807) is 11.3 Å². The van der Waals surface area contributed by atoms with Crippen molar-refractivity contribution in [1.82, 2.24) is 19.4 Å². The van der Waals surface area contributed by atoms with E-state index in [1.807, 2.05) is 60.8 Å². The van der Waals surface area contributed by atoms with Gasteiger partial charge in [0.1, 0.15) is 5.69 Å². The third kappa shape index (κ3) is 1.96. The molecule has 0 aliphatic carbocycles. The lowest BCUT2D eigenvalue weighted by Gasteiger charge is -2.06. The fourth-order valence-electron chi connectivity index (χ4n) is 2.40. The van der Waals surface area contributed by atoms with Crippen LogP contribution in [0.4, 0.5) is 0 Å². The maximum Gasteiger partial charge on any atom is 0.370 e. The van der Waals surface area contributed by atoms with E-state index in [1.165, 1.54) is 9.20 Å². The van der Waals surface area contributed by atoms with Crippen LogP contribution in [0.15, 0.2) is 58.7 Å². The lowest BCUT2D eigenvalue weighted by Crippen LogP contribution is -2.29. The Morgan fingerprint density at radius 1 is 1.05 bits per heavy atom. The van der Waals surface area contributed by atoms with Gasteiger partial charge < -0.3 is 0 Å². The van der Waals surface area contributed by atoms with Gasteiger partial charge in [0.2, 0.25) is 0 Å². The molecule has 0 bridgehead atoms. The molecule has 108 valence electrons. The van der Waals surface area contributed by atoms with Crippen LogP contribution in [0, 0.1) is 6.92 Å². The Morgan fingerprint density at radius 3 is 2.59 bits per heavy atom. The topological polar surface area (TPSA) is 52.2 Å². The van der Waals surface area contributed by atoms with Crippen LogP contribution in [0.25, 0.3) is 21.8 Å². The average molecular weight is 308 g/mol. The average Bonchev–Trinajstić information content (AvgIpc) is 3.20. The lowest BCUT2D eigenvalue weighted by molar-refractivity contribution is 0.700. The van der Waals surface area contributed by atoms with Gasteiger partial charge in [0, 0.05) is 0 Å². The second-order valence-electron chi connectivity index (χ2n) is 4.92. The van der Waals surface area contributed by atoms with Gasteiger partial charge in [0.05, 0.1) is 21.8 Å². The number of rotatable bonds is 2.